The van der Waals surface area contributed by atoms with Gasteiger partial charge in [-0.3, -0.25) is 4.79 Å². The van der Waals surface area contributed by atoms with Gasteiger partial charge in [0.25, 0.3) is 0 Å². The number of benzene rings is 2. The number of aryl methyl sites for hydroxylation is 1. The Labute approximate surface area is 162 Å². The first-order valence-electron chi connectivity index (χ1n) is 9.63. The Kier molecular flexibility index (Phi) is 6.45. The molecule has 5 heteroatoms. The lowest BCUT2D eigenvalue weighted by Gasteiger charge is -2.30. The third-order valence-corrected chi connectivity index (χ3v) is 6.86. The van der Waals surface area contributed by atoms with Gasteiger partial charge in [-0.15, -0.1) is 0 Å². The number of rotatable bonds is 7. The number of carbonyl (C=O) groups excluding carboxylic acids is 1. The van der Waals surface area contributed by atoms with Crippen molar-refractivity contribution in [2.75, 3.05) is 0 Å². The van der Waals surface area contributed by atoms with Crippen LogP contribution in [0.4, 0.5) is 0 Å². The van der Waals surface area contributed by atoms with Gasteiger partial charge in [0.05, 0.1) is 4.90 Å². The van der Waals surface area contributed by atoms with Crippen LogP contribution < -0.4 is 4.72 Å². The number of carbonyl (C=O) groups is 1. The summed E-state index contributed by atoms with van der Waals surface area (Å²) in [5.74, 6) is 0.185. The van der Waals surface area contributed by atoms with E-state index in [2.05, 4.69) is 4.72 Å². The molecule has 1 saturated carbocycles. The fraction of sp³-hybridized carbons (Fsp3) is 0.409. The molecule has 2 aromatic carbocycles. The van der Waals surface area contributed by atoms with Gasteiger partial charge in [0.1, 0.15) is 0 Å². The second-order valence-electron chi connectivity index (χ2n) is 7.43. The molecule has 0 aromatic heterocycles. The van der Waals surface area contributed by atoms with Crippen molar-refractivity contribution in [3.8, 4) is 0 Å². The molecule has 0 spiro atoms. The number of ketones is 1. The minimum absolute atomic E-state index is 0.0159. The number of Topliss-reactive ketones (excluding diaryl/α,β-unsaturated/α-hetero) is 1. The van der Waals surface area contributed by atoms with E-state index >= 15 is 0 Å². The first-order chi connectivity index (χ1) is 13.0. The van der Waals surface area contributed by atoms with Crippen LogP contribution in [0.25, 0.3) is 0 Å². The van der Waals surface area contributed by atoms with E-state index in [-0.39, 0.29) is 29.1 Å². The third-order valence-electron chi connectivity index (χ3n) is 5.36. The molecule has 27 heavy (non-hydrogen) atoms. The van der Waals surface area contributed by atoms with E-state index in [1.54, 1.807) is 36.4 Å². The predicted molar refractivity (Wildman–Crippen MR) is 107 cm³/mol. The summed E-state index contributed by atoms with van der Waals surface area (Å²) in [7, 11) is -3.66. The fourth-order valence-corrected chi connectivity index (χ4v) is 5.07. The molecule has 0 aliphatic heterocycles. The van der Waals surface area contributed by atoms with Crippen molar-refractivity contribution >= 4 is 15.8 Å². The molecule has 0 bridgehead atoms. The van der Waals surface area contributed by atoms with Gasteiger partial charge in [0.15, 0.2) is 5.78 Å². The van der Waals surface area contributed by atoms with E-state index < -0.39 is 10.0 Å². The van der Waals surface area contributed by atoms with Crippen LogP contribution in [0.3, 0.4) is 0 Å². The SMILES string of the molecule is Cc1ccc(S(=O)(=O)NC(CC(=O)c2ccccc2)C2CCCCC2)cc1. The van der Waals surface area contributed by atoms with E-state index in [1.807, 2.05) is 25.1 Å². The van der Waals surface area contributed by atoms with E-state index in [1.165, 1.54) is 6.42 Å². The van der Waals surface area contributed by atoms with Crippen LogP contribution in [0.5, 0.6) is 0 Å². The number of sulfonamides is 1. The van der Waals surface area contributed by atoms with E-state index in [4.69, 9.17) is 0 Å². The van der Waals surface area contributed by atoms with Crippen LogP contribution in [0, 0.1) is 12.8 Å². The molecule has 2 aromatic rings. The molecule has 144 valence electrons. The van der Waals surface area contributed by atoms with E-state index in [0.29, 0.717) is 5.56 Å². The molecule has 1 aliphatic rings. The molecule has 1 fully saturated rings. The molecule has 1 aliphatic carbocycles. The Balaban J connectivity index is 1.81. The maximum atomic E-state index is 12.9. The zero-order chi connectivity index (χ0) is 19.3. The van der Waals surface area contributed by atoms with Gasteiger partial charge in [-0.1, -0.05) is 67.3 Å². The van der Waals surface area contributed by atoms with Gasteiger partial charge < -0.3 is 0 Å². The minimum atomic E-state index is -3.66. The van der Waals surface area contributed by atoms with Crippen molar-refractivity contribution in [3.63, 3.8) is 0 Å². The average molecular weight is 386 g/mol. The first kappa shape index (κ1) is 19.8. The number of nitrogens with one attached hydrogen (secondary N) is 1. The highest BCUT2D eigenvalue weighted by atomic mass is 32.2. The molecule has 1 N–H and O–H groups in total. The summed E-state index contributed by atoms with van der Waals surface area (Å²) in [5, 5.41) is 0. The zero-order valence-corrected chi connectivity index (χ0v) is 16.5. The highest BCUT2D eigenvalue weighted by molar-refractivity contribution is 7.89. The minimum Gasteiger partial charge on any atom is -0.294 e. The fourth-order valence-electron chi connectivity index (χ4n) is 3.77. The van der Waals surface area contributed by atoms with Crippen molar-refractivity contribution in [2.45, 2.75) is 56.4 Å². The van der Waals surface area contributed by atoms with Crippen LogP contribution in [0.1, 0.15) is 54.4 Å². The normalized spacial score (nSPS) is 16.8. The lowest BCUT2D eigenvalue weighted by molar-refractivity contribution is 0.0956. The van der Waals surface area contributed by atoms with Crippen LogP contribution >= 0.6 is 0 Å². The Hall–Kier alpha value is -1.98. The molecule has 0 radical (unpaired) electrons. The second kappa shape index (κ2) is 8.81. The molecule has 0 amide bonds. The summed E-state index contributed by atoms with van der Waals surface area (Å²) in [4.78, 5) is 13.0. The average Bonchev–Trinajstić information content (AvgIpc) is 2.69. The maximum absolute atomic E-state index is 12.9. The molecule has 1 unspecified atom stereocenters. The Morgan fingerprint density at radius 2 is 1.63 bits per heavy atom. The van der Waals surface area contributed by atoms with Gasteiger partial charge >= 0.3 is 0 Å². The lowest BCUT2D eigenvalue weighted by Crippen LogP contribution is -2.42. The Bertz CT molecular complexity index is 854. The molecule has 3 rings (SSSR count). The van der Waals surface area contributed by atoms with Gasteiger partial charge in [-0.25, -0.2) is 13.1 Å². The van der Waals surface area contributed by atoms with Gasteiger partial charge in [0, 0.05) is 18.0 Å². The van der Waals surface area contributed by atoms with Crippen molar-refractivity contribution < 1.29 is 13.2 Å². The number of hydrogen-bond acceptors (Lipinski definition) is 3. The summed E-state index contributed by atoms with van der Waals surface area (Å²) < 4.78 is 28.6. The molecule has 0 saturated heterocycles. The number of hydrogen-bond donors (Lipinski definition) is 1. The predicted octanol–water partition coefficient (Wildman–Crippen LogP) is 4.50. The standard InChI is InChI=1S/C22H27NO3S/c1-17-12-14-20(15-13-17)27(25,26)23-21(18-8-4-2-5-9-18)16-22(24)19-10-6-3-7-11-19/h3,6-7,10-15,18,21,23H,2,4-5,8-9,16H2,1H3. The highest BCUT2D eigenvalue weighted by Crippen LogP contribution is 2.29. The second-order valence-corrected chi connectivity index (χ2v) is 9.15. The lowest BCUT2D eigenvalue weighted by atomic mass is 9.82. The summed E-state index contributed by atoms with van der Waals surface area (Å²) >= 11 is 0. The van der Waals surface area contributed by atoms with Crippen molar-refractivity contribution in [2.24, 2.45) is 5.92 Å². The molecular formula is C22H27NO3S. The first-order valence-corrected chi connectivity index (χ1v) is 11.1. The third kappa shape index (κ3) is 5.27. The van der Waals surface area contributed by atoms with Crippen LogP contribution in [-0.2, 0) is 10.0 Å². The Morgan fingerprint density at radius 1 is 1.00 bits per heavy atom. The molecule has 1 atom stereocenters. The van der Waals surface area contributed by atoms with Crippen molar-refractivity contribution in [1.82, 2.24) is 4.72 Å². The largest absolute Gasteiger partial charge is 0.294 e. The monoisotopic (exact) mass is 385 g/mol. The maximum Gasteiger partial charge on any atom is 0.240 e. The van der Waals surface area contributed by atoms with Crippen LogP contribution in [-0.4, -0.2) is 20.2 Å². The molecule has 0 heterocycles. The topological polar surface area (TPSA) is 63.2 Å². The van der Waals surface area contributed by atoms with Crippen LogP contribution in [0.15, 0.2) is 59.5 Å². The summed E-state index contributed by atoms with van der Waals surface area (Å²) in [5.41, 5.74) is 1.64. The van der Waals surface area contributed by atoms with E-state index in [0.717, 1.165) is 31.2 Å². The Morgan fingerprint density at radius 3 is 2.26 bits per heavy atom. The van der Waals surface area contributed by atoms with Gasteiger partial charge in [-0.2, -0.15) is 0 Å². The van der Waals surface area contributed by atoms with Gasteiger partial charge in [-0.05, 0) is 37.8 Å². The summed E-state index contributed by atoms with van der Waals surface area (Å²) in [6, 6.07) is 15.6. The zero-order valence-electron chi connectivity index (χ0n) is 15.7. The quantitative estimate of drug-likeness (QED) is 0.714. The van der Waals surface area contributed by atoms with Crippen molar-refractivity contribution in [3.05, 3.63) is 65.7 Å². The summed E-state index contributed by atoms with van der Waals surface area (Å²) in [6.07, 6.45) is 5.48. The molecule has 4 nitrogen and oxygen atoms in total. The van der Waals surface area contributed by atoms with Crippen molar-refractivity contribution in [1.29, 1.82) is 0 Å². The summed E-state index contributed by atoms with van der Waals surface area (Å²) in [6.45, 7) is 1.92. The smallest absolute Gasteiger partial charge is 0.240 e. The molecular weight excluding hydrogens is 358 g/mol. The van der Waals surface area contributed by atoms with Gasteiger partial charge in [0.2, 0.25) is 10.0 Å². The highest BCUT2D eigenvalue weighted by Gasteiger charge is 2.30. The van der Waals surface area contributed by atoms with E-state index in [9.17, 15) is 13.2 Å². The van der Waals surface area contributed by atoms with Crippen LogP contribution in [0.2, 0.25) is 0 Å².